The summed E-state index contributed by atoms with van der Waals surface area (Å²) >= 11 is 0. The monoisotopic (exact) mass is 514 g/mol. The molecule has 3 aromatic heterocycles. The van der Waals surface area contributed by atoms with E-state index in [4.69, 9.17) is 14.5 Å². The van der Waals surface area contributed by atoms with E-state index < -0.39 is 6.10 Å². The molecular formula is C27H30N8O3. The Kier molecular flexibility index (Phi) is 7.18. The Labute approximate surface area is 220 Å². The fourth-order valence-electron chi connectivity index (χ4n) is 4.25. The standard InChI is InChI=1S/C27H30N8O3/c1-5-33-14-19(12-30-33)27-13-28-25-7-6-20(10-26(25)32-27)34(15-22(36)16-35-18(2)29-17-31-35)21-8-23(37-3)11-24(9-21)38-4/h6-14,17,22,36H,5,15-16H2,1-4H3. The fourth-order valence-corrected chi connectivity index (χ4v) is 4.25. The van der Waals surface area contributed by atoms with E-state index >= 15 is 0 Å². The molecule has 2 aromatic carbocycles. The Bertz CT molecular complexity index is 1520. The summed E-state index contributed by atoms with van der Waals surface area (Å²) in [5, 5.41) is 19.7. The van der Waals surface area contributed by atoms with E-state index in [1.165, 1.54) is 6.33 Å². The fraction of sp³-hybridized carbons (Fsp3) is 0.296. The zero-order valence-electron chi connectivity index (χ0n) is 21.8. The Morgan fingerprint density at radius 2 is 1.74 bits per heavy atom. The molecule has 5 rings (SSSR count). The van der Waals surface area contributed by atoms with Crippen molar-refractivity contribution in [3.8, 4) is 22.8 Å². The number of ether oxygens (including phenoxy) is 2. The number of aromatic nitrogens is 7. The van der Waals surface area contributed by atoms with E-state index in [1.54, 1.807) is 31.3 Å². The lowest BCUT2D eigenvalue weighted by Gasteiger charge is -2.28. The molecule has 1 unspecified atom stereocenters. The number of fused-ring (bicyclic) bond motifs is 1. The predicted octanol–water partition coefficient (Wildman–Crippen LogP) is 3.63. The Balaban J connectivity index is 1.55. The molecule has 0 aliphatic heterocycles. The summed E-state index contributed by atoms with van der Waals surface area (Å²) in [7, 11) is 3.22. The SMILES string of the molecule is CCn1cc(-c2cnc3ccc(N(CC(O)Cn4ncnc4C)c4cc(OC)cc(OC)c4)cc3n2)cn1. The van der Waals surface area contributed by atoms with Crippen molar-refractivity contribution in [1.29, 1.82) is 0 Å². The van der Waals surface area contributed by atoms with Crippen molar-refractivity contribution in [2.75, 3.05) is 25.7 Å². The third-order valence-corrected chi connectivity index (χ3v) is 6.32. The number of nitrogens with zero attached hydrogens (tertiary/aromatic N) is 8. The Morgan fingerprint density at radius 3 is 2.39 bits per heavy atom. The van der Waals surface area contributed by atoms with Crippen molar-refractivity contribution in [3.05, 3.63) is 67.1 Å². The summed E-state index contributed by atoms with van der Waals surface area (Å²) < 4.78 is 14.6. The maximum atomic E-state index is 11.1. The van der Waals surface area contributed by atoms with Crippen LogP contribution in [-0.4, -0.2) is 66.5 Å². The van der Waals surface area contributed by atoms with Crippen molar-refractivity contribution in [1.82, 2.24) is 34.5 Å². The molecule has 11 nitrogen and oxygen atoms in total. The van der Waals surface area contributed by atoms with Crippen LogP contribution in [0.2, 0.25) is 0 Å². The molecule has 0 aliphatic carbocycles. The first-order valence-corrected chi connectivity index (χ1v) is 12.3. The van der Waals surface area contributed by atoms with Crippen molar-refractivity contribution in [3.63, 3.8) is 0 Å². The van der Waals surface area contributed by atoms with Crippen LogP contribution in [0, 0.1) is 6.92 Å². The predicted molar refractivity (Wildman–Crippen MR) is 144 cm³/mol. The van der Waals surface area contributed by atoms with Crippen LogP contribution in [0.4, 0.5) is 11.4 Å². The van der Waals surface area contributed by atoms with Gasteiger partial charge in [-0.15, -0.1) is 0 Å². The van der Waals surface area contributed by atoms with Crippen molar-refractivity contribution in [2.45, 2.75) is 33.0 Å². The molecular weight excluding hydrogens is 484 g/mol. The number of benzene rings is 2. The van der Waals surface area contributed by atoms with E-state index in [0.29, 0.717) is 18.0 Å². The van der Waals surface area contributed by atoms with Gasteiger partial charge in [0, 0.05) is 47.9 Å². The second kappa shape index (κ2) is 10.9. The summed E-state index contributed by atoms with van der Waals surface area (Å²) in [6.45, 7) is 5.24. The minimum Gasteiger partial charge on any atom is -0.497 e. The van der Waals surface area contributed by atoms with Crippen LogP contribution in [0.1, 0.15) is 12.7 Å². The molecule has 38 heavy (non-hydrogen) atoms. The van der Waals surface area contributed by atoms with E-state index in [2.05, 4.69) is 20.2 Å². The van der Waals surface area contributed by atoms with Gasteiger partial charge in [0.2, 0.25) is 0 Å². The average Bonchev–Trinajstić information content (AvgIpc) is 3.59. The summed E-state index contributed by atoms with van der Waals surface area (Å²) in [6, 6.07) is 11.5. The average molecular weight is 515 g/mol. The van der Waals surface area contributed by atoms with Crippen LogP contribution in [0.15, 0.2) is 61.3 Å². The molecule has 5 aromatic rings. The molecule has 1 N–H and O–H groups in total. The smallest absolute Gasteiger partial charge is 0.138 e. The van der Waals surface area contributed by atoms with E-state index in [0.717, 1.165) is 46.0 Å². The number of hydrogen-bond donors (Lipinski definition) is 1. The normalized spacial score (nSPS) is 12.0. The van der Waals surface area contributed by atoms with Crippen molar-refractivity contribution in [2.24, 2.45) is 0 Å². The zero-order chi connectivity index (χ0) is 26.6. The van der Waals surface area contributed by atoms with Gasteiger partial charge in [-0.05, 0) is 32.0 Å². The summed E-state index contributed by atoms with van der Waals surface area (Å²) in [6.07, 6.45) is 6.24. The molecule has 0 aliphatic rings. The summed E-state index contributed by atoms with van der Waals surface area (Å²) in [4.78, 5) is 15.6. The van der Waals surface area contributed by atoms with E-state index in [1.807, 2.05) is 66.0 Å². The molecule has 3 heterocycles. The number of aryl methyl sites for hydroxylation is 2. The molecule has 0 saturated carbocycles. The van der Waals surface area contributed by atoms with Crippen LogP contribution in [0.25, 0.3) is 22.3 Å². The number of methoxy groups -OCH3 is 2. The molecule has 0 fully saturated rings. The quantitative estimate of drug-likeness (QED) is 0.298. The first-order valence-electron chi connectivity index (χ1n) is 12.3. The largest absolute Gasteiger partial charge is 0.497 e. The first-order chi connectivity index (χ1) is 18.5. The van der Waals surface area contributed by atoms with Crippen LogP contribution < -0.4 is 14.4 Å². The zero-order valence-corrected chi connectivity index (χ0v) is 21.8. The van der Waals surface area contributed by atoms with Gasteiger partial charge >= 0.3 is 0 Å². The van der Waals surface area contributed by atoms with Gasteiger partial charge in [-0.2, -0.15) is 10.2 Å². The van der Waals surface area contributed by atoms with Gasteiger partial charge in [0.15, 0.2) is 0 Å². The lowest BCUT2D eigenvalue weighted by atomic mass is 10.1. The molecule has 0 radical (unpaired) electrons. The maximum absolute atomic E-state index is 11.1. The number of anilines is 2. The molecule has 0 bridgehead atoms. The lowest BCUT2D eigenvalue weighted by molar-refractivity contribution is 0.156. The van der Waals surface area contributed by atoms with Crippen LogP contribution in [0.5, 0.6) is 11.5 Å². The van der Waals surface area contributed by atoms with Crippen molar-refractivity contribution >= 4 is 22.4 Å². The maximum Gasteiger partial charge on any atom is 0.138 e. The van der Waals surface area contributed by atoms with Gasteiger partial charge in [0.25, 0.3) is 0 Å². The highest BCUT2D eigenvalue weighted by Gasteiger charge is 2.19. The Morgan fingerprint density at radius 1 is 0.947 bits per heavy atom. The molecule has 11 heteroatoms. The van der Waals surface area contributed by atoms with Gasteiger partial charge in [0.1, 0.15) is 23.7 Å². The number of hydrogen-bond acceptors (Lipinski definition) is 9. The second-order valence-electron chi connectivity index (χ2n) is 8.84. The third-order valence-electron chi connectivity index (χ3n) is 6.32. The van der Waals surface area contributed by atoms with Crippen LogP contribution >= 0.6 is 0 Å². The van der Waals surface area contributed by atoms with Gasteiger partial charge in [-0.25, -0.2) is 14.6 Å². The lowest BCUT2D eigenvalue weighted by Crippen LogP contribution is -2.32. The molecule has 0 spiro atoms. The molecule has 1 atom stereocenters. The highest BCUT2D eigenvalue weighted by molar-refractivity contribution is 5.82. The minimum atomic E-state index is -0.749. The van der Waals surface area contributed by atoms with Gasteiger partial charge in [-0.1, -0.05) is 0 Å². The minimum absolute atomic E-state index is 0.275. The topological polar surface area (TPSA) is 116 Å². The summed E-state index contributed by atoms with van der Waals surface area (Å²) in [5.74, 6) is 2.02. The molecule has 196 valence electrons. The Hall–Kier alpha value is -4.51. The molecule has 0 amide bonds. The number of aliphatic hydroxyl groups is 1. The number of rotatable bonds is 10. The van der Waals surface area contributed by atoms with Crippen molar-refractivity contribution < 1.29 is 14.6 Å². The molecule has 0 saturated heterocycles. The highest BCUT2D eigenvalue weighted by Crippen LogP contribution is 2.34. The van der Waals surface area contributed by atoms with Crippen LogP contribution in [-0.2, 0) is 13.1 Å². The third kappa shape index (κ3) is 5.28. The van der Waals surface area contributed by atoms with Crippen LogP contribution in [0.3, 0.4) is 0 Å². The van der Waals surface area contributed by atoms with Gasteiger partial charge in [-0.3, -0.25) is 9.67 Å². The van der Waals surface area contributed by atoms with E-state index in [9.17, 15) is 5.11 Å². The van der Waals surface area contributed by atoms with Gasteiger partial charge in [0.05, 0.1) is 62.5 Å². The highest BCUT2D eigenvalue weighted by atomic mass is 16.5. The second-order valence-corrected chi connectivity index (χ2v) is 8.84. The number of aliphatic hydroxyl groups excluding tert-OH is 1. The van der Waals surface area contributed by atoms with Gasteiger partial charge < -0.3 is 19.5 Å². The summed E-state index contributed by atoms with van der Waals surface area (Å²) in [5.41, 5.74) is 4.76. The first kappa shape index (κ1) is 25.2. The van der Waals surface area contributed by atoms with E-state index in [-0.39, 0.29) is 6.54 Å².